The Kier molecular flexibility index (Phi) is 1.95. The molecule has 2 aliphatic heterocycles. The third kappa shape index (κ3) is 1.26. The number of hydrogen-bond acceptors (Lipinski definition) is 5. The quantitative estimate of drug-likeness (QED) is 0.434. The van der Waals surface area contributed by atoms with Crippen molar-refractivity contribution in [2.45, 2.75) is 2.74 Å². The minimum absolute atomic E-state index is 0.558. The van der Waals surface area contributed by atoms with Crippen molar-refractivity contribution in [3.63, 3.8) is 0 Å². The molecule has 1 spiro atoms. The zero-order chi connectivity index (χ0) is 5.45. The van der Waals surface area contributed by atoms with Crippen LogP contribution in [0.15, 0.2) is 0 Å². The van der Waals surface area contributed by atoms with Crippen molar-refractivity contribution < 1.29 is 0 Å². The van der Waals surface area contributed by atoms with Gasteiger partial charge in [0, 0.05) is 11.5 Å². The largest absolute Gasteiger partial charge is 0.183 e. The van der Waals surface area contributed by atoms with Crippen LogP contribution in [-0.4, -0.2) is 14.2 Å². The van der Waals surface area contributed by atoms with E-state index in [0.717, 1.165) is 0 Å². The van der Waals surface area contributed by atoms with Crippen LogP contribution < -0.4 is 0 Å². The van der Waals surface area contributed by atoms with Gasteiger partial charge < -0.3 is 0 Å². The van der Waals surface area contributed by atoms with E-state index >= 15 is 0 Å². The molecule has 0 unspecified atom stereocenters. The minimum atomic E-state index is 0.558. The van der Waals surface area contributed by atoms with Gasteiger partial charge in [-0.05, 0) is 21.6 Å². The Morgan fingerprint density at radius 1 is 1.00 bits per heavy atom. The van der Waals surface area contributed by atoms with Gasteiger partial charge in [0.1, 0.15) is 0 Å². The molecule has 2 saturated heterocycles. The standard InChI is InChI=1S/C3H4S5/c1-2-5-6-3(4-1)7-8-3/h1-2H2. The van der Waals surface area contributed by atoms with Crippen LogP contribution in [0.3, 0.4) is 0 Å². The van der Waals surface area contributed by atoms with Gasteiger partial charge in [0.05, 0.1) is 0 Å². The Morgan fingerprint density at radius 3 is 2.25 bits per heavy atom. The summed E-state index contributed by atoms with van der Waals surface area (Å²) in [6.07, 6.45) is 0. The first kappa shape index (κ1) is 6.46. The van der Waals surface area contributed by atoms with Gasteiger partial charge >= 0.3 is 0 Å². The van der Waals surface area contributed by atoms with Gasteiger partial charge in [-0.1, -0.05) is 21.6 Å². The molecule has 0 aromatic heterocycles. The lowest BCUT2D eigenvalue weighted by molar-refractivity contribution is 1.55. The van der Waals surface area contributed by atoms with Crippen molar-refractivity contribution in [1.82, 2.24) is 0 Å². The summed E-state index contributed by atoms with van der Waals surface area (Å²) in [5.41, 5.74) is 0. The number of rotatable bonds is 0. The Hall–Kier alpha value is 1.75. The van der Waals surface area contributed by atoms with E-state index in [1.807, 2.05) is 43.2 Å². The lowest BCUT2D eigenvalue weighted by atomic mass is 11.0. The van der Waals surface area contributed by atoms with E-state index < -0.39 is 0 Å². The van der Waals surface area contributed by atoms with Crippen LogP contribution in [0, 0.1) is 0 Å². The van der Waals surface area contributed by atoms with Crippen molar-refractivity contribution in [3.05, 3.63) is 0 Å². The summed E-state index contributed by atoms with van der Waals surface area (Å²) in [6.45, 7) is 0. The lowest BCUT2D eigenvalue weighted by Gasteiger charge is -2.14. The first-order chi connectivity index (χ1) is 3.91. The fourth-order valence-electron chi connectivity index (χ4n) is 0.448. The predicted molar refractivity (Wildman–Crippen MR) is 50.4 cm³/mol. The van der Waals surface area contributed by atoms with Gasteiger partial charge in [-0.15, -0.1) is 11.8 Å². The van der Waals surface area contributed by atoms with Crippen molar-refractivity contribution in [1.29, 1.82) is 0 Å². The molecular formula is C3H4S5. The molecule has 0 saturated carbocycles. The maximum Gasteiger partial charge on any atom is 0.183 e. The van der Waals surface area contributed by atoms with Gasteiger partial charge in [0.25, 0.3) is 0 Å². The van der Waals surface area contributed by atoms with E-state index in [1.165, 1.54) is 11.5 Å². The Morgan fingerprint density at radius 2 is 1.88 bits per heavy atom. The maximum absolute atomic E-state index is 2.10. The molecular weight excluding hydrogens is 196 g/mol. The monoisotopic (exact) mass is 200 g/mol. The summed E-state index contributed by atoms with van der Waals surface area (Å²) < 4.78 is 0.558. The normalized spacial score (nSPS) is 33.0. The van der Waals surface area contributed by atoms with Gasteiger partial charge in [-0.3, -0.25) is 0 Å². The fourth-order valence-corrected chi connectivity index (χ4v) is 9.86. The van der Waals surface area contributed by atoms with Gasteiger partial charge in [-0.25, -0.2) is 0 Å². The molecule has 46 valence electrons. The highest BCUT2D eigenvalue weighted by molar-refractivity contribution is 9.07. The van der Waals surface area contributed by atoms with Crippen molar-refractivity contribution in [2.75, 3.05) is 11.5 Å². The third-order valence-electron chi connectivity index (χ3n) is 0.826. The summed E-state index contributed by atoms with van der Waals surface area (Å²) in [7, 11) is 8.08. The lowest BCUT2D eigenvalue weighted by Crippen LogP contribution is -1.99. The average Bonchev–Trinajstić information content (AvgIpc) is 2.52. The molecule has 0 radical (unpaired) electrons. The van der Waals surface area contributed by atoms with Crippen LogP contribution >= 0.6 is 54.9 Å². The summed E-state index contributed by atoms with van der Waals surface area (Å²) >= 11 is 2.10. The van der Waals surface area contributed by atoms with Crippen molar-refractivity contribution in [2.24, 2.45) is 0 Å². The summed E-state index contributed by atoms with van der Waals surface area (Å²) in [5, 5.41) is 0. The van der Waals surface area contributed by atoms with Crippen molar-refractivity contribution >= 4 is 54.9 Å². The molecule has 0 N–H and O–H groups in total. The van der Waals surface area contributed by atoms with Crippen LogP contribution in [0.4, 0.5) is 0 Å². The van der Waals surface area contributed by atoms with Crippen molar-refractivity contribution in [3.8, 4) is 0 Å². The molecule has 0 amide bonds. The van der Waals surface area contributed by atoms with Crippen LogP contribution in [0.1, 0.15) is 0 Å². The van der Waals surface area contributed by atoms with Crippen LogP contribution in [0.2, 0.25) is 0 Å². The zero-order valence-corrected chi connectivity index (χ0v) is 8.04. The Balaban J connectivity index is 1.95. The smallest absolute Gasteiger partial charge is 0.119 e. The van der Waals surface area contributed by atoms with Gasteiger partial charge in [0.15, 0.2) is 2.74 Å². The SMILES string of the molecule is C1CSC2(SS1)SS2. The molecule has 5 heteroatoms. The highest BCUT2D eigenvalue weighted by Gasteiger charge is 2.49. The third-order valence-corrected chi connectivity index (χ3v) is 11.1. The Bertz CT molecular complexity index is 89.8. The van der Waals surface area contributed by atoms with E-state index in [-0.39, 0.29) is 0 Å². The number of hydrogen-bond donors (Lipinski definition) is 0. The molecule has 2 aliphatic rings. The molecule has 0 atom stereocenters. The average molecular weight is 200 g/mol. The summed E-state index contributed by atoms with van der Waals surface area (Å²) in [6, 6.07) is 0. The molecule has 0 aliphatic carbocycles. The first-order valence-corrected chi connectivity index (χ1v) is 7.68. The van der Waals surface area contributed by atoms with E-state index in [1.54, 1.807) is 0 Å². The summed E-state index contributed by atoms with van der Waals surface area (Å²) in [4.78, 5) is 0. The van der Waals surface area contributed by atoms with E-state index in [4.69, 9.17) is 0 Å². The maximum atomic E-state index is 2.10. The highest BCUT2D eigenvalue weighted by Crippen LogP contribution is 2.80. The molecule has 2 heterocycles. The Labute approximate surface area is 68.9 Å². The van der Waals surface area contributed by atoms with E-state index in [9.17, 15) is 0 Å². The van der Waals surface area contributed by atoms with Gasteiger partial charge in [-0.2, -0.15) is 0 Å². The molecule has 2 rings (SSSR count). The molecule has 2 fully saturated rings. The summed E-state index contributed by atoms with van der Waals surface area (Å²) in [5.74, 6) is 2.68. The topological polar surface area (TPSA) is 0 Å². The number of thioether (sulfide) groups is 1. The molecule has 0 aromatic rings. The zero-order valence-electron chi connectivity index (χ0n) is 3.96. The highest BCUT2D eigenvalue weighted by atomic mass is 33.2. The van der Waals surface area contributed by atoms with E-state index in [0.29, 0.717) is 2.74 Å². The molecule has 0 nitrogen and oxygen atoms in total. The predicted octanol–water partition coefficient (Wildman–Crippen LogP) is 3.12. The first-order valence-electron chi connectivity index (χ1n) is 2.23. The van der Waals surface area contributed by atoms with Crippen LogP contribution in [-0.2, 0) is 0 Å². The van der Waals surface area contributed by atoms with Gasteiger partial charge in [0.2, 0.25) is 0 Å². The molecule has 0 aromatic carbocycles. The van der Waals surface area contributed by atoms with E-state index in [2.05, 4.69) is 11.8 Å². The second-order valence-corrected chi connectivity index (χ2v) is 9.47. The van der Waals surface area contributed by atoms with Crippen LogP contribution in [0.5, 0.6) is 0 Å². The van der Waals surface area contributed by atoms with Crippen LogP contribution in [0.25, 0.3) is 0 Å². The molecule has 8 heavy (non-hydrogen) atoms. The second-order valence-electron chi connectivity index (χ2n) is 1.42. The minimum Gasteiger partial charge on any atom is -0.119 e. The fraction of sp³-hybridized carbons (Fsp3) is 1.00. The molecule has 0 bridgehead atoms. The second kappa shape index (κ2) is 2.42.